The molecule has 0 radical (unpaired) electrons. The third-order valence-corrected chi connectivity index (χ3v) is 5.02. The molecule has 2 fully saturated rings. The Hall–Kier alpha value is -1.14. The lowest BCUT2D eigenvalue weighted by Gasteiger charge is -2.34. The molecule has 110 valence electrons. The summed E-state index contributed by atoms with van der Waals surface area (Å²) in [4.78, 5) is 21.6. The van der Waals surface area contributed by atoms with Gasteiger partial charge >= 0.3 is 0 Å². The fourth-order valence-electron chi connectivity index (χ4n) is 3.27. The van der Waals surface area contributed by atoms with Gasteiger partial charge in [-0.1, -0.05) is 0 Å². The van der Waals surface area contributed by atoms with Gasteiger partial charge in [-0.3, -0.25) is 9.69 Å². The van der Waals surface area contributed by atoms with Crippen LogP contribution in [-0.2, 0) is 11.3 Å². The van der Waals surface area contributed by atoms with Gasteiger partial charge in [-0.2, -0.15) is 0 Å². The number of anilines is 1. The van der Waals surface area contributed by atoms with Crippen molar-refractivity contribution < 1.29 is 4.79 Å². The van der Waals surface area contributed by atoms with Crippen molar-refractivity contribution in [3.63, 3.8) is 0 Å². The van der Waals surface area contributed by atoms with Gasteiger partial charge in [-0.25, -0.2) is 4.98 Å². The third-order valence-electron chi connectivity index (χ3n) is 4.20. The van der Waals surface area contributed by atoms with Gasteiger partial charge in [0, 0.05) is 43.7 Å². The van der Waals surface area contributed by atoms with Gasteiger partial charge in [0.2, 0.25) is 5.91 Å². The molecule has 3 heterocycles. The molecule has 0 aliphatic carbocycles. The highest BCUT2D eigenvalue weighted by atomic mass is 32.1. The monoisotopic (exact) mass is 294 g/mol. The van der Waals surface area contributed by atoms with E-state index < -0.39 is 0 Å². The molecule has 1 aromatic rings. The number of aromatic nitrogens is 1. The SMILES string of the molecule is Nc1ncc(CN2CCC[C@H](CN3CCCC3=O)C2)s1. The molecule has 2 aliphatic heterocycles. The number of piperidine rings is 1. The first-order valence-corrected chi connectivity index (χ1v) is 8.22. The van der Waals surface area contributed by atoms with Gasteiger partial charge in [0.05, 0.1) is 0 Å². The Morgan fingerprint density at radius 1 is 1.40 bits per heavy atom. The standard InChI is InChI=1S/C14H22N4OS/c15-14-16-7-12(20-14)10-17-5-1-3-11(8-17)9-18-6-2-4-13(18)19/h7,11H,1-6,8-10H2,(H2,15,16)/t11-/m0/s1. The molecule has 1 atom stereocenters. The van der Waals surface area contributed by atoms with Crippen LogP contribution < -0.4 is 5.73 Å². The van der Waals surface area contributed by atoms with Crippen LogP contribution in [0.5, 0.6) is 0 Å². The van der Waals surface area contributed by atoms with E-state index in [1.807, 2.05) is 6.20 Å². The Bertz CT molecular complexity index is 475. The van der Waals surface area contributed by atoms with E-state index in [9.17, 15) is 4.79 Å². The Morgan fingerprint density at radius 2 is 2.30 bits per heavy atom. The predicted molar refractivity (Wildman–Crippen MR) is 80.3 cm³/mol. The number of hydrogen-bond donors (Lipinski definition) is 1. The van der Waals surface area contributed by atoms with Crippen LogP contribution in [0.2, 0.25) is 0 Å². The Morgan fingerprint density at radius 3 is 3.00 bits per heavy atom. The van der Waals surface area contributed by atoms with E-state index in [0.717, 1.165) is 45.6 Å². The zero-order valence-electron chi connectivity index (χ0n) is 11.8. The molecule has 0 bridgehead atoms. The zero-order chi connectivity index (χ0) is 13.9. The van der Waals surface area contributed by atoms with Crippen LogP contribution in [0.25, 0.3) is 0 Å². The maximum atomic E-state index is 11.7. The summed E-state index contributed by atoms with van der Waals surface area (Å²) in [5.41, 5.74) is 5.68. The van der Waals surface area contributed by atoms with Crippen LogP contribution >= 0.6 is 11.3 Å². The summed E-state index contributed by atoms with van der Waals surface area (Å²) in [6.45, 7) is 5.07. The second-order valence-electron chi connectivity index (χ2n) is 5.85. The Balaban J connectivity index is 1.52. The average Bonchev–Trinajstić information content (AvgIpc) is 3.00. The number of carbonyl (C=O) groups is 1. The van der Waals surface area contributed by atoms with Crippen LogP contribution in [0.15, 0.2) is 6.20 Å². The van der Waals surface area contributed by atoms with Crippen LogP contribution in [0.1, 0.15) is 30.6 Å². The molecule has 2 saturated heterocycles. The minimum atomic E-state index is 0.345. The number of likely N-dealkylation sites (tertiary alicyclic amines) is 2. The topological polar surface area (TPSA) is 62.5 Å². The largest absolute Gasteiger partial charge is 0.375 e. The van der Waals surface area contributed by atoms with Gasteiger partial charge in [0.15, 0.2) is 5.13 Å². The second kappa shape index (κ2) is 6.10. The number of amides is 1. The summed E-state index contributed by atoms with van der Waals surface area (Å²) >= 11 is 1.58. The first-order valence-electron chi connectivity index (χ1n) is 7.41. The van der Waals surface area contributed by atoms with Crippen molar-refractivity contribution in [3.05, 3.63) is 11.1 Å². The molecular weight excluding hydrogens is 272 g/mol. The molecule has 0 saturated carbocycles. The molecule has 3 rings (SSSR count). The third kappa shape index (κ3) is 3.30. The summed E-state index contributed by atoms with van der Waals surface area (Å²) in [6, 6.07) is 0. The molecule has 2 N–H and O–H groups in total. The highest BCUT2D eigenvalue weighted by Gasteiger charge is 2.26. The Kier molecular flexibility index (Phi) is 4.21. The summed E-state index contributed by atoms with van der Waals surface area (Å²) < 4.78 is 0. The number of nitrogen functional groups attached to an aromatic ring is 1. The molecule has 20 heavy (non-hydrogen) atoms. The Labute approximate surface area is 123 Å². The first-order chi connectivity index (χ1) is 9.70. The predicted octanol–water partition coefficient (Wildman–Crippen LogP) is 1.56. The first kappa shape index (κ1) is 13.8. The fraction of sp³-hybridized carbons (Fsp3) is 0.714. The van der Waals surface area contributed by atoms with E-state index in [2.05, 4.69) is 14.8 Å². The van der Waals surface area contributed by atoms with E-state index >= 15 is 0 Å². The van der Waals surface area contributed by atoms with Crippen LogP contribution in [0.4, 0.5) is 5.13 Å². The number of rotatable bonds is 4. The summed E-state index contributed by atoms with van der Waals surface area (Å²) in [6.07, 6.45) is 6.13. The van der Waals surface area contributed by atoms with E-state index in [0.29, 0.717) is 17.0 Å². The highest BCUT2D eigenvalue weighted by Crippen LogP contribution is 2.23. The minimum Gasteiger partial charge on any atom is -0.375 e. The van der Waals surface area contributed by atoms with E-state index in [-0.39, 0.29) is 0 Å². The molecule has 6 heteroatoms. The normalized spacial score (nSPS) is 24.5. The summed E-state index contributed by atoms with van der Waals surface area (Å²) in [5, 5.41) is 0.649. The van der Waals surface area contributed by atoms with Gasteiger partial charge < -0.3 is 10.6 Å². The number of hydrogen-bond acceptors (Lipinski definition) is 5. The van der Waals surface area contributed by atoms with Crippen molar-refractivity contribution in [2.75, 3.05) is 31.9 Å². The van der Waals surface area contributed by atoms with Crippen molar-refractivity contribution in [1.82, 2.24) is 14.8 Å². The molecular formula is C14H22N4OS. The quantitative estimate of drug-likeness (QED) is 0.915. The lowest BCUT2D eigenvalue weighted by molar-refractivity contribution is -0.128. The second-order valence-corrected chi connectivity index (χ2v) is 7.00. The van der Waals surface area contributed by atoms with E-state index in [1.165, 1.54) is 17.7 Å². The molecule has 1 aromatic heterocycles. The van der Waals surface area contributed by atoms with Crippen molar-refractivity contribution in [2.45, 2.75) is 32.2 Å². The maximum Gasteiger partial charge on any atom is 0.222 e. The summed E-state index contributed by atoms with van der Waals surface area (Å²) in [7, 11) is 0. The highest BCUT2D eigenvalue weighted by molar-refractivity contribution is 7.15. The van der Waals surface area contributed by atoms with Crippen LogP contribution in [0, 0.1) is 5.92 Å². The number of thiazole rings is 1. The molecule has 2 aliphatic rings. The van der Waals surface area contributed by atoms with Gasteiger partial charge in [0.25, 0.3) is 0 Å². The number of nitrogens with two attached hydrogens (primary N) is 1. The van der Waals surface area contributed by atoms with E-state index in [1.54, 1.807) is 11.3 Å². The van der Waals surface area contributed by atoms with Crippen LogP contribution in [-0.4, -0.2) is 46.9 Å². The van der Waals surface area contributed by atoms with Crippen molar-refractivity contribution in [3.8, 4) is 0 Å². The van der Waals surface area contributed by atoms with Gasteiger partial charge in [-0.05, 0) is 31.7 Å². The fourth-order valence-corrected chi connectivity index (χ4v) is 4.00. The van der Waals surface area contributed by atoms with Crippen molar-refractivity contribution >= 4 is 22.4 Å². The zero-order valence-corrected chi connectivity index (χ0v) is 12.6. The molecule has 1 amide bonds. The van der Waals surface area contributed by atoms with E-state index in [4.69, 9.17) is 5.73 Å². The molecule has 0 unspecified atom stereocenters. The smallest absolute Gasteiger partial charge is 0.222 e. The molecule has 0 aromatic carbocycles. The number of nitrogens with zero attached hydrogens (tertiary/aromatic N) is 3. The molecule has 5 nitrogen and oxygen atoms in total. The van der Waals surface area contributed by atoms with Gasteiger partial charge in [0.1, 0.15) is 0 Å². The minimum absolute atomic E-state index is 0.345. The van der Waals surface area contributed by atoms with Crippen LogP contribution in [0.3, 0.4) is 0 Å². The lowest BCUT2D eigenvalue weighted by Crippen LogP contribution is -2.40. The average molecular weight is 294 g/mol. The van der Waals surface area contributed by atoms with Gasteiger partial charge in [-0.15, -0.1) is 11.3 Å². The lowest BCUT2D eigenvalue weighted by atomic mass is 9.97. The summed E-state index contributed by atoms with van der Waals surface area (Å²) in [5.74, 6) is 0.966. The maximum absolute atomic E-state index is 11.7. The molecule has 0 spiro atoms. The van der Waals surface area contributed by atoms with Crippen molar-refractivity contribution in [1.29, 1.82) is 0 Å². The van der Waals surface area contributed by atoms with Crippen molar-refractivity contribution in [2.24, 2.45) is 5.92 Å². The number of carbonyl (C=O) groups excluding carboxylic acids is 1.